The molecule has 2 aliphatic heterocycles. The zero-order valence-corrected chi connectivity index (χ0v) is 14.8. The first-order valence-corrected chi connectivity index (χ1v) is 9.33. The quantitative estimate of drug-likeness (QED) is 0.845. The third-order valence-corrected chi connectivity index (χ3v) is 6.24. The summed E-state index contributed by atoms with van der Waals surface area (Å²) in [6, 6.07) is 7.44. The van der Waals surface area contributed by atoms with Gasteiger partial charge in [0.05, 0.1) is 11.0 Å². The van der Waals surface area contributed by atoms with Crippen LogP contribution in [0.25, 0.3) is 11.0 Å². The van der Waals surface area contributed by atoms with Crippen LogP contribution in [-0.2, 0) is 6.54 Å². The third kappa shape index (κ3) is 2.69. The van der Waals surface area contributed by atoms with Gasteiger partial charge in [0.1, 0.15) is 5.82 Å². The molecule has 2 saturated heterocycles. The lowest BCUT2D eigenvalue weighted by molar-refractivity contribution is -0.00200. The highest BCUT2D eigenvalue weighted by Gasteiger charge is 2.39. The van der Waals surface area contributed by atoms with Crippen molar-refractivity contribution in [3.05, 3.63) is 29.6 Å². The maximum absolute atomic E-state index is 4.74. The zero-order chi connectivity index (χ0) is 16.0. The molecule has 0 spiro atoms. The van der Waals surface area contributed by atoms with Crippen molar-refractivity contribution in [2.45, 2.75) is 59.0 Å². The lowest BCUT2D eigenvalue weighted by atomic mass is 9.72. The molecule has 1 aromatic carbocycles. The molecule has 5 rings (SSSR count). The molecular formula is C20H29N3. The molecule has 2 aromatic rings. The van der Waals surface area contributed by atoms with Crippen molar-refractivity contribution in [3.63, 3.8) is 0 Å². The number of benzene rings is 1. The number of aromatic nitrogens is 2. The summed E-state index contributed by atoms with van der Waals surface area (Å²) in [5.41, 5.74) is 3.76. The van der Waals surface area contributed by atoms with Crippen LogP contribution in [0.5, 0.6) is 0 Å². The minimum atomic E-state index is 0.835. The number of aryl methyl sites for hydroxylation is 2. The van der Waals surface area contributed by atoms with Gasteiger partial charge in [0.2, 0.25) is 0 Å². The van der Waals surface area contributed by atoms with Gasteiger partial charge < -0.3 is 4.57 Å². The van der Waals surface area contributed by atoms with E-state index in [4.69, 9.17) is 4.98 Å². The Morgan fingerprint density at radius 1 is 1.17 bits per heavy atom. The van der Waals surface area contributed by atoms with E-state index in [-0.39, 0.29) is 0 Å². The van der Waals surface area contributed by atoms with Crippen molar-refractivity contribution in [2.24, 2.45) is 11.8 Å². The van der Waals surface area contributed by atoms with Crippen molar-refractivity contribution in [1.29, 1.82) is 0 Å². The molecule has 2 bridgehead atoms. The van der Waals surface area contributed by atoms with E-state index in [9.17, 15) is 0 Å². The Kier molecular flexibility index (Phi) is 3.92. The van der Waals surface area contributed by atoms with Crippen molar-refractivity contribution in [3.8, 4) is 0 Å². The van der Waals surface area contributed by atoms with E-state index in [1.54, 1.807) is 0 Å². The van der Waals surface area contributed by atoms with Gasteiger partial charge in [-0.3, -0.25) is 4.90 Å². The fourth-order valence-corrected chi connectivity index (χ4v) is 5.02. The number of hydrogen-bond donors (Lipinski definition) is 0. The van der Waals surface area contributed by atoms with Gasteiger partial charge in [-0.05, 0) is 62.6 Å². The van der Waals surface area contributed by atoms with Crippen LogP contribution in [0.2, 0.25) is 0 Å². The number of nitrogens with zero attached hydrogens (tertiary/aromatic N) is 3. The first kappa shape index (κ1) is 15.2. The first-order chi connectivity index (χ1) is 11.2. The number of hydrogen-bond acceptors (Lipinski definition) is 2. The molecule has 23 heavy (non-hydrogen) atoms. The summed E-state index contributed by atoms with van der Waals surface area (Å²) in [7, 11) is 0. The summed E-state index contributed by atoms with van der Waals surface area (Å²) in [5.74, 6) is 3.04. The zero-order valence-electron chi connectivity index (χ0n) is 14.8. The summed E-state index contributed by atoms with van der Waals surface area (Å²) < 4.78 is 2.42. The topological polar surface area (TPSA) is 21.1 Å². The summed E-state index contributed by atoms with van der Waals surface area (Å²) >= 11 is 0. The van der Waals surface area contributed by atoms with Crippen molar-refractivity contribution < 1.29 is 0 Å². The maximum Gasteiger partial charge on any atom is 0.106 e. The molecule has 1 saturated carbocycles. The van der Waals surface area contributed by atoms with E-state index in [2.05, 4.69) is 48.4 Å². The molecular weight excluding hydrogens is 282 g/mol. The largest absolute Gasteiger partial charge is 0.327 e. The SMILES string of the molecule is CCC1CC2CCC1N(CCn1c(C)nc3ccc(C)cc31)C2. The van der Waals surface area contributed by atoms with E-state index in [0.717, 1.165) is 35.8 Å². The molecule has 3 fully saturated rings. The first-order valence-electron chi connectivity index (χ1n) is 9.33. The van der Waals surface area contributed by atoms with Crippen LogP contribution in [0.4, 0.5) is 0 Å². The monoisotopic (exact) mass is 311 g/mol. The number of piperidine rings is 2. The molecule has 1 aliphatic carbocycles. The molecule has 3 heteroatoms. The van der Waals surface area contributed by atoms with Crippen LogP contribution >= 0.6 is 0 Å². The van der Waals surface area contributed by atoms with Crippen molar-refractivity contribution >= 4 is 11.0 Å². The van der Waals surface area contributed by atoms with Gasteiger partial charge in [-0.1, -0.05) is 19.4 Å². The fraction of sp³-hybridized carbons (Fsp3) is 0.650. The molecule has 0 amide bonds. The number of fused-ring (bicyclic) bond motifs is 4. The summed E-state index contributed by atoms with van der Waals surface area (Å²) in [4.78, 5) is 7.53. The van der Waals surface area contributed by atoms with Crippen LogP contribution in [0.1, 0.15) is 44.0 Å². The van der Waals surface area contributed by atoms with Crippen LogP contribution in [-0.4, -0.2) is 33.6 Å². The molecule has 3 unspecified atom stereocenters. The molecule has 3 aliphatic rings. The van der Waals surface area contributed by atoms with Gasteiger partial charge in [-0.25, -0.2) is 4.98 Å². The van der Waals surface area contributed by atoms with E-state index in [0.29, 0.717) is 0 Å². The van der Waals surface area contributed by atoms with E-state index in [1.165, 1.54) is 49.9 Å². The Morgan fingerprint density at radius 2 is 2.04 bits per heavy atom. The van der Waals surface area contributed by atoms with Crippen LogP contribution < -0.4 is 0 Å². The number of imidazole rings is 1. The van der Waals surface area contributed by atoms with Gasteiger partial charge >= 0.3 is 0 Å². The van der Waals surface area contributed by atoms with E-state index >= 15 is 0 Å². The molecule has 0 N–H and O–H groups in total. The van der Waals surface area contributed by atoms with E-state index in [1.807, 2.05) is 0 Å². The van der Waals surface area contributed by atoms with E-state index < -0.39 is 0 Å². The Balaban J connectivity index is 1.53. The highest BCUT2D eigenvalue weighted by atomic mass is 15.2. The van der Waals surface area contributed by atoms with Crippen LogP contribution in [0.3, 0.4) is 0 Å². The highest BCUT2D eigenvalue weighted by molar-refractivity contribution is 5.76. The maximum atomic E-state index is 4.74. The average Bonchev–Trinajstić information content (AvgIpc) is 2.88. The van der Waals surface area contributed by atoms with Gasteiger partial charge in [-0.2, -0.15) is 0 Å². The molecule has 1 aromatic heterocycles. The summed E-state index contributed by atoms with van der Waals surface area (Å²) in [5, 5.41) is 0. The molecule has 124 valence electrons. The second-order valence-corrected chi connectivity index (χ2v) is 7.71. The molecule has 0 radical (unpaired) electrons. The second-order valence-electron chi connectivity index (χ2n) is 7.71. The minimum Gasteiger partial charge on any atom is -0.327 e. The Bertz CT molecular complexity index is 702. The predicted molar refractivity (Wildman–Crippen MR) is 95.7 cm³/mol. The van der Waals surface area contributed by atoms with Gasteiger partial charge in [0.25, 0.3) is 0 Å². The standard InChI is InChI=1S/C20H29N3/c1-4-17-12-16-6-8-19(17)22(13-16)9-10-23-15(3)21-18-7-5-14(2)11-20(18)23/h5,7,11,16-17,19H,4,6,8-10,12-13H2,1-3H3. The fourth-order valence-electron chi connectivity index (χ4n) is 5.02. The predicted octanol–water partition coefficient (Wildman–Crippen LogP) is 4.16. The minimum absolute atomic E-state index is 0.835. The molecule has 3 nitrogen and oxygen atoms in total. The van der Waals surface area contributed by atoms with Gasteiger partial charge in [0.15, 0.2) is 0 Å². The number of rotatable bonds is 4. The summed E-state index contributed by atoms with van der Waals surface area (Å²) in [6.45, 7) is 10.3. The lowest BCUT2D eigenvalue weighted by Crippen LogP contribution is -2.53. The van der Waals surface area contributed by atoms with Crippen LogP contribution in [0.15, 0.2) is 18.2 Å². The second kappa shape index (κ2) is 5.94. The Labute approximate surface area is 139 Å². The summed E-state index contributed by atoms with van der Waals surface area (Å²) in [6.07, 6.45) is 5.71. The molecule has 3 atom stereocenters. The Morgan fingerprint density at radius 3 is 2.83 bits per heavy atom. The average molecular weight is 311 g/mol. The van der Waals surface area contributed by atoms with Crippen molar-refractivity contribution in [1.82, 2.24) is 14.5 Å². The van der Waals surface area contributed by atoms with Gasteiger partial charge in [0, 0.05) is 25.7 Å². The molecule has 3 heterocycles. The highest BCUT2D eigenvalue weighted by Crippen LogP contribution is 2.40. The lowest BCUT2D eigenvalue weighted by Gasteiger charge is -2.50. The van der Waals surface area contributed by atoms with Crippen molar-refractivity contribution in [2.75, 3.05) is 13.1 Å². The smallest absolute Gasteiger partial charge is 0.106 e. The normalized spacial score (nSPS) is 27.9. The van der Waals surface area contributed by atoms with Crippen LogP contribution in [0, 0.1) is 25.7 Å². The Hall–Kier alpha value is -1.35. The third-order valence-electron chi connectivity index (χ3n) is 6.24. The van der Waals surface area contributed by atoms with Gasteiger partial charge in [-0.15, -0.1) is 0 Å².